The van der Waals surface area contributed by atoms with Crippen molar-refractivity contribution in [3.8, 4) is 12.3 Å². The van der Waals surface area contributed by atoms with E-state index in [1.807, 2.05) is 6.92 Å². The zero-order chi connectivity index (χ0) is 12.8. The fourth-order valence-corrected chi connectivity index (χ4v) is 1.61. The Bertz CT molecular complexity index is 260. The van der Waals surface area contributed by atoms with E-state index in [-0.39, 0.29) is 23.3 Å². The van der Waals surface area contributed by atoms with Crippen molar-refractivity contribution in [3.63, 3.8) is 0 Å². The Morgan fingerprint density at radius 2 is 2.06 bits per heavy atom. The van der Waals surface area contributed by atoms with E-state index in [1.54, 1.807) is 0 Å². The van der Waals surface area contributed by atoms with Gasteiger partial charge in [0, 0.05) is 19.0 Å². The van der Waals surface area contributed by atoms with Crippen LogP contribution in [0.2, 0.25) is 0 Å². The van der Waals surface area contributed by atoms with Crippen molar-refractivity contribution in [2.75, 3.05) is 6.54 Å². The third-order valence-corrected chi connectivity index (χ3v) is 2.33. The normalized spacial score (nSPS) is 15.0. The smallest absolute Gasteiger partial charge is 0.224 e. The average Bonchev–Trinajstić information content (AvgIpc) is 2.12. The van der Waals surface area contributed by atoms with E-state index in [2.05, 4.69) is 32.0 Å². The number of rotatable bonds is 5. The van der Waals surface area contributed by atoms with Gasteiger partial charge >= 0.3 is 0 Å². The molecule has 0 aromatic heterocycles. The molecule has 0 saturated carbocycles. The lowest BCUT2D eigenvalue weighted by Crippen LogP contribution is -2.41. The summed E-state index contributed by atoms with van der Waals surface area (Å²) in [7, 11) is 0. The average molecular weight is 224 g/mol. The summed E-state index contributed by atoms with van der Waals surface area (Å²) in [6, 6.07) is 0.0199. The molecule has 3 nitrogen and oxygen atoms in total. The summed E-state index contributed by atoms with van der Waals surface area (Å²) in [6.45, 7) is 8.60. The van der Waals surface area contributed by atoms with Gasteiger partial charge in [0.05, 0.1) is 5.92 Å². The monoisotopic (exact) mass is 224 g/mol. The molecule has 92 valence electrons. The molecule has 2 atom stereocenters. The number of terminal acetylenes is 1. The van der Waals surface area contributed by atoms with Crippen molar-refractivity contribution in [2.24, 2.45) is 17.1 Å². The van der Waals surface area contributed by atoms with Crippen molar-refractivity contribution in [1.82, 2.24) is 5.32 Å². The maximum absolute atomic E-state index is 11.9. The van der Waals surface area contributed by atoms with Crippen molar-refractivity contribution in [2.45, 2.75) is 46.6 Å². The summed E-state index contributed by atoms with van der Waals surface area (Å²) in [5.74, 6) is 2.42. The molecule has 0 aromatic carbocycles. The number of nitrogens with two attached hydrogens (primary N) is 1. The lowest BCUT2D eigenvalue weighted by molar-refractivity contribution is -0.126. The molecule has 0 aliphatic heterocycles. The second-order valence-corrected chi connectivity index (χ2v) is 5.52. The molecule has 0 bridgehead atoms. The fraction of sp³-hybridized carbons (Fsp3) is 0.769. The molecular formula is C13H24N2O. The lowest BCUT2D eigenvalue weighted by atomic mass is 9.84. The summed E-state index contributed by atoms with van der Waals surface area (Å²) in [5, 5.41) is 2.89. The first-order valence-corrected chi connectivity index (χ1v) is 5.74. The van der Waals surface area contributed by atoms with Crippen LogP contribution in [-0.2, 0) is 4.79 Å². The molecule has 16 heavy (non-hydrogen) atoms. The van der Waals surface area contributed by atoms with E-state index in [0.29, 0.717) is 13.0 Å². The molecule has 0 spiro atoms. The standard InChI is InChI=1S/C13H24N2O/c1-6-7-10(2)15-12(16)11(9-14)8-13(3,4)5/h1,10-11H,7-9,14H2,2-5H3,(H,15,16). The number of hydrogen-bond acceptors (Lipinski definition) is 2. The van der Waals surface area contributed by atoms with Gasteiger partial charge in [-0.3, -0.25) is 4.79 Å². The van der Waals surface area contributed by atoms with Gasteiger partial charge in [0.2, 0.25) is 5.91 Å². The Morgan fingerprint density at radius 3 is 2.44 bits per heavy atom. The summed E-state index contributed by atoms with van der Waals surface area (Å²) in [5.41, 5.74) is 5.74. The number of amides is 1. The van der Waals surface area contributed by atoms with Crippen LogP contribution in [-0.4, -0.2) is 18.5 Å². The SMILES string of the molecule is C#CCC(C)NC(=O)C(CN)CC(C)(C)C. The van der Waals surface area contributed by atoms with Gasteiger partial charge in [0.1, 0.15) is 0 Å². The number of carbonyl (C=O) groups is 1. The molecule has 0 aliphatic rings. The second kappa shape index (κ2) is 6.55. The Kier molecular flexibility index (Phi) is 6.13. The molecule has 0 rings (SSSR count). The van der Waals surface area contributed by atoms with Crippen LogP contribution in [0.4, 0.5) is 0 Å². The first-order chi connectivity index (χ1) is 7.30. The summed E-state index contributed by atoms with van der Waals surface area (Å²) >= 11 is 0. The molecule has 1 amide bonds. The van der Waals surface area contributed by atoms with E-state index in [4.69, 9.17) is 12.2 Å². The summed E-state index contributed by atoms with van der Waals surface area (Å²) in [6.07, 6.45) is 6.53. The highest BCUT2D eigenvalue weighted by atomic mass is 16.1. The van der Waals surface area contributed by atoms with Gasteiger partial charge in [0.15, 0.2) is 0 Å². The van der Waals surface area contributed by atoms with Gasteiger partial charge in [-0.2, -0.15) is 0 Å². The van der Waals surface area contributed by atoms with E-state index >= 15 is 0 Å². The Balaban J connectivity index is 4.27. The van der Waals surface area contributed by atoms with Crippen LogP contribution in [0.25, 0.3) is 0 Å². The van der Waals surface area contributed by atoms with Crippen molar-refractivity contribution in [3.05, 3.63) is 0 Å². The predicted molar refractivity (Wildman–Crippen MR) is 67.7 cm³/mol. The minimum absolute atomic E-state index is 0.0141. The van der Waals surface area contributed by atoms with Crippen LogP contribution in [0.15, 0.2) is 0 Å². The van der Waals surface area contributed by atoms with E-state index < -0.39 is 0 Å². The van der Waals surface area contributed by atoms with Gasteiger partial charge in [-0.1, -0.05) is 20.8 Å². The molecule has 0 radical (unpaired) electrons. The minimum Gasteiger partial charge on any atom is -0.352 e. The van der Waals surface area contributed by atoms with Crippen LogP contribution < -0.4 is 11.1 Å². The maximum atomic E-state index is 11.9. The highest BCUT2D eigenvalue weighted by Crippen LogP contribution is 2.24. The molecule has 0 heterocycles. The van der Waals surface area contributed by atoms with Crippen LogP contribution in [0.1, 0.15) is 40.5 Å². The molecule has 0 fully saturated rings. The predicted octanol–water partition coefficient (Wildman–Crippen LogP) is 1.53. The van der Waals surface area contributed by atoms with Crippen LogP contribution in [0.5, 0.6) is 0 Å². The Labute approximate surface area is 99.2 Å². The van der Waals surface area contributed by atoms with Gasteiger partial charge in [0.25, 0.3) is 0 Å². The maximum Gasteiger partial charge on any atom is 0.224 e. The Hall–Kier alpha value is -1.01. The third kappa shape index (κ3) is 6.47. The fourth-order valence-electron chi connectivity index (χ4n) is 1.61. The minimum atomic E-state index is -0.125. The van der Waals surface area contributed by atoms with Gasteiger partial charge in [-0.05, 0) is 18.8 Å². The topological polar surface area (TPSA) is 55.1 Å². The number of carbonyl (C=O) groups excluding carboxylic acids is 1. The molecule has 0 saturated heterocycles. The van der Waals surface area contributed by atoms with E-state index in [9.17, 15) is 4.79 Å². The van der Waals surface area contributed by atoms with Crippen molar-refractivity contribution >= 4 is 5.91 Å². The van der Waals surface area contributed by atoms with E-state index in [0.717, 1.165) is 6.42 Å². The van der Waals surface area contributed by atoms with Crippen LogP contribution in [0.3, 0.4) is 0 Å². The molecule has 0 aliphatic carbocycles. The first kappa shape index (κ1) is 15.0. The zero-order valence-corrected chi connectivity index (χ0v) is 10.8. The number of nitrogens with one attached hydrogen (secondary N) is 1. The first-order valence-electron chi connectivity index (χ1n) is 5.74. The molecule has 2 unspecified atom stereocenters. The summed E-state index contributed by atoms with van der Waals surface area (Å²) in [4.78, 5) is 11.9. The molecule has 0 aromatic rings. The molecular weight excluding hydrogens is 200 g/mol. The highest BCUT2D eigenvalue weighted by Gasteiger charge is 2.24. The van der Waals surface area contributed by atoms with Crippen molar-refractivity contribution in [1.29, 1.82) is 0 Å². The van der Waals surface area contributed by atoms with Gasteiger partial charge in [-0.25, -0.2) is 0 Å². The van der Waals surface area contributed by atoms with Crippen LogP contribution in [0, 0.1) is 23.7 Å². The number of hydrogen-bond donors (Lipinski definition) is 2. The highest BCUT2D eigenvalue weighted by molar-refractivity contribution is 5.79. The lowest BCUT2D eigenvalue weighted by Gasteiger charge is -2.25. The quantitative estimate of drug-likeness (QED) is 0.696. The molecule has 3 heteroatoms. The van der Waals surface area contributed by atoms with Crippen molar-refractivity contribution < 1.29 is 4.79 Å². The van der Waals surface area contributed by atoms with Crippen LogP contribution >= 0.6 is 0 Å². The largest absolute Gasteiger partial charge is 0.352 e. The van der Waals surface area contributed by atoms with Gasteiger partial charge < -0.3 is 11.1 Å². The third-order valence-electron chi connectivity index (χ3n) is 2.33. The zero-order valence-electron chi connectivity index (χ0n) is 10.8. The summed E-state index contributed by atoms with van der Waals surface area (Å²) < 4.78 is 0. The molecule has 3 N–H and O–H groups in total. The van der Waals surface area contributed by atoms with E-state index in [1.165, 1.54) is 0 Å². The Morgan fingerprint density at radius 1 is 1.50 bits per heavy atom. The second-order valence-electron chi connectivity index (χ2n) is 5.52. The van der Waals surface area contributed by atoms with Gasteiger partial charge in [-0.15, -0.1) is 12.3 Å².